The number of ether oxygens (including phenoxy) is 2. The fourth-order valence-electron chi connectivity index (χ4n) is 4.94. The zero-order valence-corrected chi connectivity index (χ0v) is 26.4. The SMILES string of the molecule is CCCCOC[C@H](NC(=O)OC(C)(C)C)c1nnc([C@@H](N)CC(=O)NC(c2ccccc2)(c2ccccc2)c2ccccc2)o1. The Morgan fingerprint density at radius 3 is 1.84 bits per heavy atom. The summed E-state index contributed by atoms with van der Waals surface area (Å²) >= 11 is 0. The molecule has 1 heterocycles. The van der Waals surface area contributed by atoms with Gasteiger partial charge in [-0.2, -0.15) is 0 Å². The zero-order chi connectivity index (χ0) is 32.3. The Morgan fingerprint density at radius 1 is 0.844 bits per heavy atom. The molecule has 4 N–H and O–H groups in total. The van der Waals surface area contributed by atoms with Gasteiger partial charge in [-0.3, -0.25) is 4.79 Å². The first kappa shape index (κ1) is 33.4. The number of rotatable bonds is 14. The molecule has 0 aliphatic rings. The molecule has 45 heavy (non-hydrogen) atoms. The van der Waals surface area contributed by atoms with Crippen molar-refractivity contribution in [2.75, 3.05) is 13.2 Å². The summed E-state index contributed by atoms with van der Waals surface area (Å²) in [7, 11) is 0. The predicted molar refractivity (Wildman–Crippen MR) is 171 cm³/mol. The van der Waals surface area contributed by atoms with Crippen molar-refractivity contribution in [3.63, 3.8) is 0 Å². The molecule has 10 nitrogen and oxygen atoms in total. The van der Waals surface area contributed by atoms with E-state index in [9.17, 15) is 9.59 Å². The second-order valence-corrected chi connectivity index (χ2v) is 11.8. The van der Waals surface area contributed by atoms with Crippen molar-refractivity contribution in [1.82, 2.24) is 20.8 Å². The maximum absolute atomic E-state index is 13.8. The number of alkyl carbamates (subject to hydrolysis) is 1. The maximum atomic E-state index is 13.8. The second kappa shape index (κ2) is 15.5. The molecule has 1 aromatic heterocycles. The number of nitrogens with one attached hydrogen (secondary N) is 2. The number of nitrogens with zero attached hydrogens (tertiary/aromatic N) is 2. The molecule has 3 aromatic carbocycles. The fraction of sp³-hybridized carbons (Fsp3) is 0.371. The van der Waals surface area contributed by atoms with E-state index in [1.807, 2.05) is 91.0 Å². The van der Waals surface area contributed by atoms with E-state index >= 15 is 0 Å². The van der Waals surface area contributed by atoms with Crippen LogP contribution in [0.5, 0.6) is 0 Å². The predicted octanol–water partition coefficient (Wildman–Crippen LogP) is 5.95. The van der Waals surface area contributed by atoms with E-state index < -0.39 is 29.3 Å². The Hall–Kier alpha value is -4.54. The number of benzene rings is 3. The van der Waals surface area contributed by atoms with Gasteiger partial charge in [-0.25, -0.2) is 4.79 Å². The summed E-state index contributed by atoms with van der Waals surface area (Å²) in [6, 6.07) is 27.8. The van der Waals surface area contributed by atoms with Gasteiger partial charge >= 0.3 is 6.09 Å². The summed E-state index contributed by atoms with van der Waals surface area (Å²) < 4.78 is 17.1. The third-order valence-corrected chi connectivity index (χ3v) is 7.04. The van der Waals surface area contributed by atoms with Crippen molar-refractivity contribution >= 4 is 12.0 Å². The van der Waals surface area contributed by atoms with E-state index in [1.165, 1.54) is 0 Å². The van der Waals surface area contributed by atoms with Crippen LogP contribution in [0.1, 0.15) is 87.5 Å². The average Bonchev–Trinajstić information content (AvgIpc) is 3.52. The van der Waals surface area contributed by atoms with Crippen LogP contribution in [0.4, 0.5) is 4.79 Å². The van der Waals surface area contributed by atoms with Gasteiger partial charge in [-0.05, 0) is 43.9 Å². The van der Waals surface area contributed by atoms with E-state index in [4.69, 9.17) is 19.6 Å². The molecule has 0 bridgehead atoms. The molecule has 2 atom stereocenters. The minimum absolute atomic E-state index is 0.0643. The summed E-state index contributed by atoms with van der Waals surface area (Å²) in [4.78, 5) is 26.4. The molecule has 238 valence electrons. The smallest absolute Gasteiger partial charge is 0.408 e. The van der Waals surface area contributed by atoms with Gasteiger partial charge < -0.3 is 30.3 Å². The molecule has 4 rings (SSSR count). The van der Waals surface area contributed by atoms with Crippen LogP contribution in [0, 0.1) is 0 Å². The van der Waals surface area contributed by atoms with Gasteiger partial charge in [-0.15, -0.1) is 10.2 Å². The maximum Gasteiger partial charge on any atom is 0.408 e. The summed E-state index contributed by atoms with van der Waals surface area (Å²) in [5.74, 6) is -0.144. The molecule has 0 spiro atoms. The number of hydrogen-bond donors (Lipinski definition) is 3. The van der Waals surface area contributed by atoms with Gasteiger partial charge in [0.2, 0.25) is 17.7 Å². The first-order valence-electron chi connectivity index (χ1n) is 15.3. The van der Waals surface area contributed by atoms with Crippen LogP contribution in [0.2, 0.25) is 0 Å². The molecule has 0 fully saturated rings. The molecule has 4 aromatic rings. The molecule has 0 aliphatic carbocycles. The van der Waals surface area contributed by atoms with Crippen LogP contribution >= 0.6 is 0 Å². The Kier molecular flexibility index (Phi) is 11.5. The number of hydrogen-bond acceptors (Lipinski definition) is 8. The molecule has 0 radical (unpaired) electrons. The molecular weight excluding hydrogens is 570 g/mol. The monoisotopic (exact) mass is 613 g/mol. The molecule has 0 aliphatic heterocycles. The van der Waals surface area contributed by atoms with Crippen molar-refractivity contribution in [3.8, 4) is 0 Å². The van der Waals surface area contributed by atoms with Gasteiger partial charge in [0.1, 0.15) is 17.2 Å². The lowest BCUT2D eigenvalue weighted by atomic mass is 9.77. The molecule has 0 unspecified atom stereocenters. The highest BCUT2D eigenvalue weighted by Gasteiger charge is 2.38. The molecule has 10 heteroatoms. The van der Waals surface area contributed by atoms with E-state index in [0.29, 0.717) is 6.61 Å². The zero-order valence-electron chi connectivity index (χ0n) is 26.4. The van der Waals surface area contributed by atoms with Crippen LogP contribution in [0.25, 0.3) is 0 Å². The van der Waals surface area contributed by atoms with Crippen molar-refractivity contribution < 1.29 is 23.5 Å². The number of carbonyl (C=O) groups excluding carboxylic acids is 2. The second-order valence-electron chi connectivity index (χ2n) is 11.8. The third-order valence-electron chi connectivity index (χ3n) is 7.04. The molecule has 2 amide bonds. The number of carbonyl (C=O) groups is 2. The highest BCUT2D eigenvalue weighted by molar-refractivity contribution is 5.79. The topological polar surface area (TPSA) is 142 Å². The lowest BCUT2D eigenvalue weighted by molar-refractivity contribution is -0.122. The molecular formula is C35H43N5O5. The van der Waals surface area contributed by atoms with Crippen LogP contribution < -0.4 is 16.4 Å². The van der Waals surface area contributed by atoms with Crippen LogP contribution in [-0.2, 0) is 19.8 Å². The Morgan fingerprint density at radius 2 is 1.36 bits per heavy atom. The van der Waals surface area contributed by atoms with Gasteiger partial charge in [0.25, 0.3) is 0 Å². The van der Waals surface area contributed by atoms with Gasteiger partial charge in [-0.1, -0.05) is 104 Å². The first-order chi connectivity index (χ1) is 21.6. The lowest BCUT2D eigenvalue weighted by Gasteiger charge is -2.37. The van der Waals surface area contributed by atoms with Crippen molar-refractivity contribution in [2.45, 2.75) is 70.2 Å². The van der Waals surface area contributed by atoms with Crippen molar-refractivity contribution in [2.24, 2.45) is 5.73 Å². The standard InChI is InChI=1S/C35H43N5O5/c1-5-6-22-43-24-29(37-33(42)45-34(2,3)4)32-40-39-31(44-32)28(36)23-30(41)38-35(25-16-10-7-11-17-25,26-18-12-8-13-19-26)27-20-14-9-15-21-27/h7-21,28-29H,5-6,22-24,36H2,1-4H3,(H,37,42)(H,38,41)/t28-,29-/m0/s1. The minimum atomic E-state index is -0.987. The van der Waals surface area contributed by atoms with Gasteiger partial charge in [0.15, 0.2) is 0 Å². The highest BCUT2D eigenvalue weighted by Crippen LogP contribution is 2.37. The average molecular weight is 614 g/mol. The summed E-state index contributed by atoms with van der Waals surface area (Å²) in [6.45, 7) is 7.99. The number of aromatic nitrogens is 2. The van der Waals surface area contributed by atoms with Gasteiger partial charge in [0, 0.05) is 6.61 Å². The normalized spacial score (nSPS) is 13.1. The van der Waals surface area contributed by atoms with E-state index in [1.54, 1.807) is 20.8 Å². The van der Waals surface area contributed by atoms with Crippen LogP contribution in [0.15, 0.2) is 95.4 Å². The van der Waals surface area contributed by atoms with Crippen LogP contribution in [0.3, 0.4) is 0 Å². The highest BCUT2D eigenvalue weighted by atomic mass is 16.6. The van der Waals surface area contributed by atoms with E-state index in [0.717, 1.165) is 29.5 Å². The number of nitrogens with two attached hydrogens (primary N) is 1. The summed E-state index contributed by atoms with van der Waals surface area (Å²) in [6.07, 6.45) is 1.05. The summed E-state index contributed by atoms with van der Waals surface area (Å²) in [5.41, 5.74) is 7.46. The molecule has 0 saturated heterocycles. The Labute approximate surface area is 264 Å². The Balaban J connectivity index is 1.56. The van der Waals surface area contributed by atoms with Crippen LogP contribution in [-0.4, -0.2) is 41.0 Å². The van der Waals surface area contributed by atoms with Crippen molar-refractivity contribution in [3.05, 3.63) is 119 Å². The largest absolute Gasteiger partial charge is 0.444 e. The van der Waals surface area contributed by atoms with E-state index in [2.05, 4.69) is 27.8 Å². The Bertz CT molecular complexity index is 1390. The third kappa shape index (κ3) is 8.99. The van der Waals surface area contributed by atoms with Gasteiger partial charge in [0.05, 0.1) is 19.1 Å². The quantitative estimate of drug-likeness (QED) is 0.117. The fourth-order valence-corrected chi connectivity index (χ4v) is 4.94. The first-order valence-corrected chi connectivity index (χ1v) is 15.3. The number of amides is 2. The van der Waals surface area contributed by atoms with Crippen molar-refractivity contribution in [1.29, 1.82) is 0 Å². The minimum Gasteiger partial charge on any atom is -0.444 e. The number of unbranched alkanes of at least 4 members (excludes halogenated alkanes) is 1. The molecule has 0 saturated carbocycles. The lowest BCUT2D eigenvalue weighted by Crippen LogP contribution is -2.48. The van der Waals surface area contributed by atoms with E-state index in [-0.39, 0.29) is 30.7 Å². The summed E-state index contributed by atoms with van der Waals surface area (Å²) in [5, 5.41) is 14.3.